The number of unbranched alkanes of at least 4 members (excludes halogenated alkanes) is 14. The third-order valence-electron chi connectivity index (χ3n) is 7.13. The van der Waals surface area contributed by atoms with Gasteiger partial charge in [-0.2, -0.15) is 0 Å². The number of nitrogens with one attached hydrogen (secondary N) is 3. The van der Waals surface area contributed by atoms with E-state index in [0.717, 1.165) is 32.1 Å². The quantitative estimate of drug-likeness (QED) is 0.0881. The Kier molecular flexibility index (Phi) is 31.8. The van der Waals surface area contributed by atoms with Crippen molar-refractivity contribution in [1.29, 1.82) is 0 Å². The minimum absolute atomic E-state index is 0.0990. The lowest BCUT2D eigenvalue weighted by Crippen LogP contribution is -2.50. The van der Waals surface area contributed by atoms with Crippen LogP contribution in [-0.2, 0) is 33.3 Å². The van der Waals surface area contributed by atoms with Crippen molar-refractivity contribution in [2.45, 2.75) is 129 Å². The Bertz CT molecular complexity index is 652. The topological polar surface area (TPSA) is 124 Å². The van der Waals surface area contributed by atoms with Crippen molar-refractivity contribution in [3.63, 3.8) is 0 Å². The number of hydrogen-bond acceptors (Lipinski definition) is 7. The number of hydrogen-bond donors (Lipinski definition) is 3. The maximum absolute atomic E-state index is 12.9. The molecule has 0 radical (unpaired) electrons. The summed E-state index contributed by atoms with van der Waals surface area (Å²) in [6.07, 6.45) is 18.8. The van der Waals surface area contributed by atoms with Crippen LogP contribution in [-0.4, -0.2) is 90.2 Å². The zero-order valence-electron chi connectivity index (χ0n) is 27.8. The van der Waals surface area contributed by atoms with Gasteiger partial charge in [-0.05, 0) is 12.8 Å². The van der Waals surface area contributed by atoms with Gasteiger partial charge in [-0.1, -0.05) is 104 Å². The average molecular weight is 616 g/mol. The molecule has 0 aliphatic rings. The van der Waals surface area contributed by atoms with Crippen molar-refractivity contribution in [3.8, 4) is 0 Å². The summed E-state index contributed by atoms with van der Waals surface area (Å²) < 4.78 is 21.0. The lowest BCUT2D eigenvalue weighted by atomic mass is 10.1. The molecule has 3 amide bonds. The van der Waals surface area contributed by atoms with Gasteiger partial charge >= 0.3 is 0 Å². The highest BCUT2D eigenvalue weighted by Gasteiger charge is 2.23. The molecule has 10 nitrogen and oxygen atoms in total. The van der Waals surface area contributed by atoms with Crippen molar-refractivity contribution < 1.29 is 33.3 Å². The number of carbonyl (C=O) groups is 3. The first-order valence-corrected chi connectivity index (χ1v) is 17.1. The van der Waals surface area contributed by atoms with E-state index in [4.69, 9.17) is 18.9 Å². The van der Waals surface area contributed by atoms with Crippen molar-refractivity contribution in [3.05, 3.63) is 0 Å². The Morgan fingerprint density at radius 1 is 0.535 bits per heavy atom. The molecule has 0 aliphatic carbocycles. The fraction of sp³-hybridized carbons (Fsp3) is 0.909. The average Bonchev–Trinajstić information content (AvgIpc) is 3.00. The van der Waals surface area contributed by atoms with E-state index in [1.165, 1.54) is 70.6 Å². The summed E-state index contributed by atoms with van der Waals surface area (Å²) in [5.41, 5.74) is 0. The summed E-state index contributed by atoms with van der Waals surface area (Å²) in [5.74, 6) is -1.01. The maximum atomic E-state index is 12.9. The van der Waals surface area contributed by atoms with Crippen LogP contribution in [0.1, 0.15) is 123 Å². The normalized spacial score (nSPS) is 11.8. The lowest BCUT2D eigenvalue weighted by Gasteiger charge is -2.18. The minimum atomic E-state index is -0.941. The van der Waals surface area contributed by atoms with Gasteiger partial charge in [-0.15, -0.1) is 0 Å². The zero-order chi connectivity index (χ0) is 31.6. The molecule has 0 saturated heterocycles. The van der Waals surface area contributed by atoms with E-state index in [0.29, 0.717) is 46.1 Å². The number of amides is 3. The summed E-state index contributed by atoms with van der Waals surface area (Å²) in [6, 6.07) is -0.941. The third-order valence-corrected chi connectivity index (χ3v) is 7.13. The monoisotopic (exact) mass is 615 g/mol. The zero-order valence-corrected chi connectivity index (χ0v) is 27.8. The Labute approximate surface area is 262 Å². The predicted molar refractivity (Wildman–Crippen MR) is 172 cm³/mol. The Morgan fingerprint density at radius 2 is 0.977 bits per heavy atom. The van der Waals surface area contributed by atoms with E-state index in [9.17, 15) is 14.4 Å². The van der Waals surface area contributed by atoms with Crippen LogP contribution in [0.5, 0.6) is 0 Å². The fourth-order valence-electron chi connectivity index (χ4n) is 4.53. The van der Waals surface area contributed by atoms with Gasteiger partial charge in [0.15, 0.2) is 0 Å². The van der Waals surface area contributed by atoms with Gasteiger partial charge in [0.1, 0.15) is 12.6 Å². The molecule has 0 aromatic carbocycles. The summed E-state index contributed by atoms with van der Waals surface area (Å²) in [7, 11) is 1.62. The van der Waals surface area contributed by atoms with Gasteiger partial charge in [0.25, 0.3) is 0 Å². The van der Waals surface area contributed by atoms with Crippen LogP contribution >= 0.6 is 0 Å². The standard InChI is InChI=1S/C33H65N3O7/c1-4-6-8-10-12-14-16-18-20-34-31(37)28-30(33(39)35-21-19-17-15-13-11-9-7-5-2)36-32(38)29-43-27-26-42-25-24-41-23-22-40-3/h30H,4-29H2,1-3H3,(H,34,37)(H,35,39)(H,36,38)/t30-/m0/s1. The molecular formula is C33H65N3O7. The van der Waals surface area contributed by atoms with Crippen LogP contribution in [0.15, 0.2) is 0 Å². The molecule has 3 N–H and O–H groups in total. The second kappa shape index (κ2) is 33.1. The van der Waals surface area contributed by atoms with Crippen LogP contribution in [0.3, 0.4) is 0 Å². The smallest absolute Gasteiger partial charge is 0.246 e. The SMILES string of the molecule is CCCCCCCCCCNC(=O)C[C@H](NC(=O)COCCOCCOCCOC)C(=O)NCCCCCCCCCC. The van der Waals surface area contributed by atoms with E-state index in [-0.39, 0.29) is 31.4 Å². The number of ether oxygens (including phenoxy) is 4. The van der Waals surface area contributed by atoms with Gasteiger partial charge in [0, 0.05) is 20.2 Å². The van der Waals surface area contributed by atoms with Gasteiger partial charge < -0.3 is 34.9 Å². The molecule has 1 atom stereocenters. The molecule has 0 fully saturated rings. The number of carbonyl (C=O) groups excluding carboxylic acids is 3. The van der Waals surface area contributed by atoms with Crippen LogP contribution in [0.4, 0.5) is 0 Å². The van der Waals surface area contributed by atoms with Gasteiger partial charge in [0.05, 0.1) is 46.1 Å². The highest BCUT2D eigenvalue weighted by molar-refractivity contribution is 5.92. The van der Waals surface area contributed by atoms with Crippen LogP contribution in [0.25, 0.3) is 0 Å². The largest absolute Gasteiger partial charge is 0.382 e. The predicted octanol–water partition coefficient (Wildman–Crippen LogP) is 5.07. The van der Waals surface area contributed by atoms with Crippen LogP contribution < -0.4 is 16.0 Å². The van der Waals surface area contributed by atoms with Crippen molar-refractivity contribution in [1.82, 2.24) is 16.0 Å². The van der Waals surface area contributed by atoms with E-state index >= 15 is 0 Å². The first-order valence-electron chi connectivity index (χ1n) is 17.1. The Hall–Kier alpha value is -1.75. The highest BCUT2D eigenvalue weighted by atomic mass is 16.6. The second-order valence-corrected chi connectivity index (χ2v) is 11.2. The first kappa shape index (κ1) is 41.2. The number of methoxy groups -OCH3 is 1. The van der Waals surface area contributed by atoms with Gasteiger partial charge in [0.2, 0.25) is 17.7 Å². The molecule has 0 rings (SSSR count). The minimum Gasteiger partial charge on any atom is -0.382 e. The summed E-state index contributed by atoms with van der Waals surface area (Å²) in [6.45, 7) is 7.83. The van der Waals surface area contributed by atoms with E-state index in [1.54, 1.807) is 7.11 Å². The first-order chi connectivity index (χ1) is 21.0. The molecular weight excluding hydrogens is 550 g/mol. The molecule has 0 aromatic heterocycles. The molecule has 10 heteroatoms. The van der Waals surface area contributed by atoms with E-state index in [1.807, 2.05) is 0 Å². The Balaban J connectivity index is 4.38. The third kappa shape index (κ3) is 30.1. The van der Waals surface area contributed by atoms with Crippen molar-refractivity contribution in [2.75, 3.05) is 66.4 Å². The molecule has 0 bridgehead atoms. The molecule has 43 heavy (non-hydrogen) atoms. The van der Waals surface area contributed by atoms with Crippen LogP contribution in [0.2, 0.25) is 0 Å². The lowest BCUT2D eigenvalue weighted by molar-refractivity contribution is -0.133. The summed E-state index contributed by atoms with van der Waals surface area (Å²) in [5, 5.41) is 8.50. The maximum Gasteiger partial charge on any atom is 0.246 e. The molecule has 0 spiro atoms. The van der Waals surface area contributed by atoms with Crippen LogP contribution in [0, 0.1) is 0 Å². The van der Waals surface area contributed by atoms with E-state index in [2.05, 4.69) is 29.8 Å². The van der Waals surface area contributed by atoms with Gasteiger partial charge in [-0.3, -0.25) is 14.4 Å². The summed E-state index contributed by atoms with van der Waals surface area (Å²) in [4.78, 5) is 38.0. The van der Waals surface area contributed by atoms with Crippen molar-refractivity contribution in [2.24, 2.45) is 0 Å². The fourth-order valence-corrected chi connectivity index (χ4v) is 4.53. The molecule has 254 valence electrons. The number of rotatable bonds is 33. The molecule has 0 saturated carbocycles. The van der Waals surface area contributed by atoms with Gasteiger partial charge in [-0.25, -0.2) is 0 Å². The van der Waals surface area contributed by atoms with Crippen molar-refractivity contribution >= 4 is 17.7 Å². The molecule has 0 aliphatic heterocycles. The molecule has 0 unspecified atom stereocenters. The highest BCUT2D eigenvalue weighted by Crippen LogP contribution is 2.09. The summed E-state index contributed by atoms with van der Waals surface area (Å²) >= 11 is 0. The second-order valence-electron chi connectivity index (χ2n) is 11.2. The van der Waals surface area contributed by atoms with E-state index < -0.39 is 11.9 Å². The molecule has 0 aromatic rings. The Morgan fingerprint density at radius 3 is 1.49 bits per heavy atom. The molecule has 0 heterocycles.